The van der Waals surface area contributed by atoms with Crippen molar-refractivity contribution in [1.29, 1.82) is 0 Å². The summed E-state index contributed by atoms with van der Waals surface area (Å²) in [6, 6.07) is 7.81. The minimum absolute atomic E-state index is 0.134. The number of rotatable bonds is 2. The third-order valence-corrected chi connectivity index (χ3v) is 3.73. The highest BCUT2D eigenvalue weighted by Crippen LogP contribution is 2.51. The van der Waals surface area contributed by atoms with Gasteiger partial charge < -0.3 is 5.11 Å². The number of fused-ring (bicyclic) bond motifs is 1. The summed E-state index contributed by atoms with van der Waals surface area (Å²) in [7, 11) is 0. The van der Waals surface area contributed by atoms with E-state index in [0.29, 0.717) is 0 Å². The van der Waals surface area contributed by atoms with Crippen LogP contribution in [-0.4, -0.2) is 16.7 Å². The zero-order valence-corrected chi connectivity index (χ0v) is 9.54. The summed E-state index contributed by atoms with van der Waals surface area (Å²) in [6.07, 6.45) is 3.77. The highest BCUT2D eigenvalue weighted by atomic mass is 35.5. The second kappa shape index (κ2) is 3.44. The van der Waals surface area contributed by atoms with Crippen LogP contribution in [0.2, 0.25) is 5.02 Å². The molecule has 3 heteroatoms. The van der Waals surface area contributed by atoms with Crippen molar-refractivity contribution in [3.05, 3.63) is 41.0 Å². The van der Waals surface area contributed by atoms with Crippen LogP contribution >= 0.6 is 11.6 Å². The smallest absolute Gasteiger partial charge is 0.0755 e. The van der Waals surface area contributed by atoms with Crippen LogP contribution in [0.5, 0.6) is 0 Å². The minimum Gasteiger partial charge on any atom is -0.395 e. The van der Waals surface area contributed by atoms with E-state index >= 15 is 0 Å². The van der Waals surface area contributed by atoms with Gasteiger partial charge in [-0.2, -0.15) is 0 Å². The number of pyridine rings is 1. The summed E-state index contributed by atoms with van der Waals surface area (Å²) in [5.74, 6) is 0. The van der Waals surface area contributed by atoms with E-state index in [9.17, 15) is 5.11 Å². The molecular formula is C13H12ClNO. The second-order valence-electron chi connectivity index (χ2n) is 4.44. The Bertz CT molecular complexity index is 549. The third kappa shape index (κ3) is 1.34. The molecule has 1 aromatic heterocycles. The predicted octanol–water partition coefficient (Wildman–Crippen LogP) is 2.91. The van der Waals surface area contributed by atoms with Gasteiger partial charge in [-0.1, -0.05) is 23.7 Å². The van der Waals surface area contributed by atoms with Crippen LogP contribution in [0, 0.1) is 0 Å². The van der Waals surface area contributed by atoms with Crippen LogP contribution in [-0.2, 0) is 5.41 Å². The van der Waals surface area contributed by atoms with E-state index in [-0.39, 0.29) is 12.0 Å². The lowest BCUT2D eigenvalue weighted by Crippen LogP contribution is -2.13. The maximum atomic E-state index is 9.51. The van der Waals surface area contributed by atoms with Crippen molar-refractivity contribution in [2.45, 2.75) is 18.3 Å². The summed E-state index contributed by atoms with van der Waals surface area (Å²) in [5.41, 5.74) is 1.82. The molecule has 1 aliphatic rings. The molecule has 1 heterocycles. The Hall–Kier alpha value is -1.12. The zero-order valence-electron chi connectivity index (χ0n) is 8.78. The predicted molar refractivity (Wildman–Crippen MR) is 64.8 cm³/mol. The fourth-order valence-electron chi connectivity index (χ4n) is 2.26. The maximum absolute atomic E-state index is 9.51. The molecule has 0 atom stereocenters. The van der Waals surface area contributed by atoms with Gasteiger partial charge in [-0.05, 0) is 25.0 Å². The standard InChI is InChI=1S/C13H12ClNO/c14-10-4-3-9-2-1-7-15-12(9)11(10)13(8-16)5-6-13/h1-4,7,16H,5-6,8H2. The van der Waals surface area contributed by atoms with Crippen molar-refractivity contribution in [2.75, 3.05) is 6.61 Å². The van der Waals surface area contributed by atoms with Crippen LogP contribution < -0.4 is 0 Å². The fraction of sp³-hybridized carbons (Fsp3) is 0.308. The number of aliphatic hydroxyl groups excluding tert-OH is 1. The van der Waals surface area contributed by atoms with Gasteiger partial charge in [-0.15, -0.1) is 0 Å². The van der Waals surface area contributed by atoms with E-state index < -0.39 is 0 Å². The second-order valence-corrected chi connectivity index (χ2v) is 4.84. The molecule has 0 saturated heterocycles. The van der Waals surface area contributed by atoms with E-state index in [4.69, 9.17) is 11.6 Å². The van der Waals surface area contributed by atoms with Crippen LogP contribution in [0.4, 0.5) is 0 Å². The molecule has 1 fully saturated rings. The normalized spacial score (nSPS) is 17.6. The Morgan fingerprint density at radius 2 is 2.12 bits per heavy atom. The molecule has 0 bridgehead atoms. The van der Waals surface area contributed by atoms with Crippen LogP contribution in [0.3, 0.4) is 0 Å². The molecule has 82 valence electrons. The lowest BCUT2D eigenvalue weighted by molar-refractivity contribution is 0.255. The Morgan fingerprint density at radius 1 is 1.31 bits per heavy atom. The van der Waals surface area contributed by atoms with Crippen molar-refractivity contribution in [3.8, 4) is 0 Å². The Kier molecular flexibility index (Phi) is 2.16. The lowest BCUT2D eigenvalue weighted by atomic mass is 9.94. The number of aromatic nitrogens is 1. The number of nitrogens with zero attached hydrogens (tertiary/aromatic N) is 1. The Labute approximate surface area is 98.9 Å². The highest BCUT2D eigenvalue weighted by Gasteiger charge is 2.46. The lowest BCUT2D eigenvalue weighted by Gasteiger charge is -2.16. The molecule has 1 saturated carbocycles. The van der Waals surface area contributed by atoms with Crippen molar-refractivity contribution >= 4 is 22.5 Å². The molecule has 2 nitrogen and oxygen atoms in total. The first-order valence-electron chi connectivity index (χ1n) is 5.41. The van der Waals surface area contributed by atoms with Crippen molar-refractivity contribution in [1.82, 2.24) is 4.98 Å². The zero-order chi connectivity index (χ0) is 11.2. The molecule has 2 aromatic rings. The van der Waals surface area contributed by atoms with Crippen molar-refractivity contribution < 1.29 is 5.11 Å². The van der Waals surface area contributed by atoms with Gasteiger partial charge in [0.2, 0.25) is 0 Å². The number of hydrogen-bond acceptors (Lipinski definition) is 2. The Morgan fingerprint density at radius 3 is 2.81 bits per heavy atom. The van der Waals surface area contributed by atoms with Gasteiger partial charge in [-0.3, -0.25) is 4.98 Å². The fourth-order valence-corrected chi connectivity index (χ4v) is 2.62. The highest BCUT2D eigenvalue weighted by molar-refractivity contribution is 6.32. The molecule has 0 unspecified atom stereocenters. The number of halogens is 1. The van der Waals surface area contributed by atoms with E-state index in [1.807, 2.05) is 24.3 Å². The van der Waals surface area contributed by atoms with Crippen LogP contribution in [0.15, 0.2) is 30.5 Å². The molecule has 0 spiro atoms. The van der Waals surface area contributed by atoms with Gasteiger partial charge in [0, 0.05) is 27.6 Å². The third-order valence-electron chi connectivity index (χ3n) is 3.41. The number of benzene rings is 1. The molecule has 1 N–H and O–H groups in total. The van der Waals surface area contributed by atoms with Gasteiger partial charge in [0.15, 0.2) is 0 Å². The van der Waals surface area contributed by atoms with Gasteiger partial charge >= 0.3 is 0 Å². The molecule has 1 aliphatic carbocycles. The quantitative estimate of drug-likeness (QED) is 0.865. The SMILES string of the molecule is OCC1(c2c(Cl)ccc3cccnc23)CC1. The van der Waals surface area contributed by atoms with Gasteiger partial charge in [0.05, 0.1) is 12.1 Å². The average molecular weight is 234 g/mol. The maximum Gasteiger partial charge on any atom is 0.0755 e. The van der Waals surface area contributed by atoms with Gasteiger partial charge in [0.25, 0.3) is 0 Å². The summed E-state index contributed by atoms with van der Waals surface area (Å²) < 4.78 is 0. The van der Waals surface area contributed by atoms with E-state index in [2.05, 4.69) is 4.98 Å². The summed E-state index contributed by atoms with van der Waals surface area (Å²) in [5, 5.41) is 11.3. The summed E-state index contributed by atoms with van der Waals surface area (Å²) in [4.78, 5) is 4.40. The number of aliphatic hydroxyl groups is 1. The molecule has 0 amide bonds. The summed E-state index contributed by atoms with van der Waals surface area (Å²) >= 11 is 6.26. The molecular weight excluding hydrogens is 222 g/mol. The minimum atomic E-state index is -0.134. The molecule has 1 aromatic carbocycles. The van der Waals surface area contributed by atoms with E-state index in [1.54, 1.807) is 6.20 Å². The largest absolute Gasteiger partial charge is 0.395 e. The summed E-state index contributed by atoms with van der Waals surface area (Å²) in [6.45, 7) is 0.155. The first kappa shape index (κ1) is 10.1. The average Bonchev–Trinajstić information content (AvgIpc) is 3.10. The topological polar surface area (TPSA) is 33.1 Å². The Balaban J connectivity index is 2.33. The van der Waals surface area contributed by atoms with Crippen LogP contribution in [0.25, 0.3) is 10.9 Å². The molecule has 3 rings (SSSR count). The van der Waals surface area contributed by atoms with Crippen molar-refractivity contribution in [2.24, 2.45) is 0 Å². The van der Waals surface area contributed by atoms with Crippen molar-refractivity contribution in [3.63, 3.8) is 0 Å². The van der Waals surface area contributed by atoms with Gasteiger partial charge in [-0.25, -0.2) is 0 Å². The van der Waals surface area contributed by atoms with Crippen LogP contribution in [0.1, 0.15) is 18.4 Å². The first-order chi connectivity index (χ1) is 7.77. The molecule has 16 heavy (non-hydrogen) atoms. The molecule has 0 aliphatic heterocycles. The monoisotopic (exact) mass is 233 g/mol. The first-order valence-corrected chi connectivity index (χ1v) is 5.79. The van der Waals surface area contributed by atoms with Gasteiger partial charge in [0.1, 0.15) is 0 Å². The molecule has 0 radical (unpaired) electrons. The van der Waals surface area contributed by atoms with E-state index in [0.717, 1.165) is 34.3 Å². The number of hydrogen-bond donors (Lipinski definition) is 1. The van der Waals surface area contributed by atoms with E-state index in [1.165, 1.54) is 0 Å².